The van der Waals surface area contributed by atoms with E-state index in [9.17, 15) is 52.8 Å². The van der Waals surface area contributed by atoms with Crippen LogP contribution in [0.3, 0.4) is 0 Å². The Hall–Kier alpha value is -6.30. The van der Waals surface area contributed by atoms with Crippen LogP contribution in [-0.2, 0) is 20.0 Å². The van der Waals surface area contributed by atoms with Crippen molar-refractivity contribution in [1.29, 1.82) is 0 Å². The molecule has 0 bridgehead atoms. The van der Waals surface area contributed by atoms with E-state index in [1.54, 1.807) is 0 Å². The second-order valence-corrected chi connectivity index (χ2v) is 18.0. The molecule has 6 aromatic heterocycles. The largest absolute Gasteiger partial charge is 0.478 e. The number of aromatic nitrogens is 10. The van der Waals surface area contributed by atoms with Crippen LogP contribution < -0.4 is 19.3 Å². The molecule has 0 radical (unpaired) electrons. The van der Waals surface area contributed by atoms with Crippen molar-refractivity contribution in [2.45, 2.75) is 47.8 Å². The first kappa shape index (κ1) is 48.2. The van der Waals surface area contributed by atoms with Crippen LogP contribution in [0.4, 0.5) is 26.3 Å². The number of nitrogens with zero attached hydrogens (tertiary/aromatic N) is 8. The number of carbonyl (C=O) groups is 2. The highest BCUT2D eigenvalue weighted by Crippen LogP contribution is 2.58. The number of carboxylic acids is 1. The molecule has 6 N–H and O–H groups in total. The summed E-state index contributed by atoms with van der Waals surface area (Å²) in [5.41, 5.74) is -3.98. The van der Waals surface area contributed by atoms with E-state index >= 15 is 0 Å². The first-order valence-corrected chi connectivity index (χ1v) is 21.8. The quantitative estimate of drug-likeness (QED) is 0.0761. The molecule has 0 atom stereocenters. The smallest absolute Gasteiger partial charge is 0.397 e. The van der Waals surface area contributed by atoms with Gasteiger partial charge in [-0.3, -0.25) is 15.0 Å². The number of alkyl halides is 6. The minimum absolute atomic E-state index is 0.00231. The Kier molecular flexibility index (Phi) is 13.6. The van der Waals surface area contributed by atoms with Crippen LogP contribution >= 0.6 is 23.2 Å². The summed E-state index contributed by atoms with van der Waals surface area (Å²) in [6.45, 7) is -1.02. The number of H-pyrrole nitrogens is 2. The Balaban J connectivity index is 0.000000186. The highest BCUT2D eigenvalue weighted by molar-refractivity contribution is 7.90. The summed E-state index contributed by atoms with van der Waals surface area (Å²) in [5.74, 6) is -1.89. The topological polar surface area (TPSA) is 298 Å². The van der Waals surface area contributed by atoms with E-state index in [4.69, 9.17) is 42.9 Å². The third-order valence-electron chi connectivity index (χ3n) is 9.46. The zero-order valence-electron chi connectivity index (χ0n) is 32.4. The molecule has 6 aromatic rings. The molecule has 31 heteroatoms. The number of carboxylic acid groups (broad SMARTS) is 1. The number of amides is 1. The zero-order valence-corrected chi connectivity index (χ0v) is 35.5. The van der Waals surface area contributed by atoms with Gasteiger partial charge in [-0.1, -0.05) is 23.2 Å². The van der Waals surface area contributed by atoms with Gasteiger partial charge in [0.15, 0.2) is 11.6 Å². The van der Waals surface area contributed by atoms with Crippen molar-refractivity contribution in [3.63, 3.8) is 0 Å². The van der Waals surface area contributed by atoms with Crippen molar-refractivity contribution in [3.05, 3.63) is 95.0 Å². The Morgan fingerprint density at radius 1 is 0.738 bits per heavy atom. The van der Waals surface area contributed by atoms with Crippen LogP contribution in [0.1, 0.15) is 46.4 Å². The van der Waals surface area contributed by atoms with Crippen LogP contribution in [0.2, 0.25) is 10.3 Å². The lowest BCUT2D eigenvalue weighted by molar-refractivity contribution is -0.195. The molecule has 1 amide bonds. The van der Waals surface area contributed by atoms with E-state index in [1.807, 2.05) is 4.72 Å². The Bertz CT molecular complexity index is 2890. The van der Waals surface area contributed by atoms with Gasteiger partial charge in [-0.15, -0.1) is 10.2 Å². The number of halogens is 8. The Morgan fingerprint density at radius 2 is 1.17 bits per heavy atom. The normalized spacial score (nSPS) is 15.1. The predicted octanol–water partition coefficient (Wildman–Crippen LogP) is 4.88. The number of nitrogens with one attached hydrogen (secondary N) is 3. The number of nitrogens with two attached hydrogens (primary N) is 1. The van der Waals surface area contributed by atoms with Crippen LogP contribution in [0.15, 0.2) is 83.4 Å². The Morgan fingerprint density at radius 3 is 1.51 bits per heavy atom. The van der Waals surface area contributed by atoms with Gasteiger partial charge >= 0.3 is 18.3 Å². The van der Waals surface area contributed by atoms with E-state index in [2.05, 4.69) is 40.6 Å². The SMILES string of the molecule is NS(=O)(=O)c1cn[nH]c1.O=C(NS(=O)(=O)c1cn[nH]c1)c1ccc(-n2ccc(OCC3(C(F)(F)F)CC3)n2)nc1Cl.O=C(O)c1ccc(-n2ccc(OCC3(C(F)(F)F)CC3)n2)nc1Cl. The van der Waals surface area contributed by atoms with Crippen LogP contribution in [-0.4, -0.2) is 109 Å². The summed E-state index contributed by atoms with van der Waals surface area (Å²) in [4.78, 5) is 30.8. The molecule has 21 nitrogen and oxygen atoms in total. The molecular weight excluding hydrogens is 969 g/mol. The number of aromatic amines is 2. The van der Waals surface area contributed by atoms with Gasteiger partial charge in [-0.25, -0.2) is 50.8 Å². The first-order valence-electron chi connectivity index (χ1n) is 18.0. The Labute approximate surface area is 371 Å². The van der Waals surface area contributed by atoms with Crippen molar-refractivity contribution < 1.29 is 67.3 Å². The molecule has 0 spiro atoms. The number of hydrogen-bond acceptors (Lipinski definition) is 14. The fourth-order valence-corrected chi connectivity index (χ4v) is 6.97. The predicted molar refractivity (Wildman–Crippen MR) is 209 cm³/mol. The standard InChI is InChI=1S/C17H14ClF3N6O4S.C14H11ClF3N3O3.C3H5N3O2S/c18-14-11(15(28)26-32(29,30)10-7-22-23-8-10)1-2-12(24-14)27-6-3-13(25-27)31-9-16(4-5-16)17(19,20)21;15-11-8(12(22)23)1-2-9(19-11)21-6-3-10(20-21)24-7-13(4-5-13)14(16,17)18;4-9(7,8)3-1-5-6-2-3/h1-3,6-8H,4-5,9H2,(H,22,23)(H,26,28);1-3,6H,4-5,7H2,(H,22,23);1-2H,(H,5,6)(H2,4,7,8). The van der Waals surface area contributed by atoms with Gasteiger partial charge in [-0.2, -0.15) is 36.5 Å². The number of primary sulfonamides is 1. The molecule has 0 saturated heterocycles. The van der Waals surface area contributed by atoms with Gasteiger partial charge in [0.1, 0.15) is 44.1 Å². The minimum atomic E-state index is -4.34. The van der Waals surface area contributed by atoms with Gasteiger partial charge in [-0.05, 0) is 49.9 Å². The van der Waals surface area contributed by atoms with E-state index < -0.39 is 68.3 Å². The fourth-order valence-electron chi connectivity index (χ4n) is 5.22. The molecule has 0 aromatic carbocycles. The number of aromatic carboxylic acids is 1. The van der Waals surface area contributed by atoms with Gasteiger partial charge in [0, 0.05) is 36.9 Å². The van der Waals surface area contributed by atoms with E-state index in [1.165, 1.54) is 64.4 Å². The van der Waals surface area contributed by atoms with Gasteiger partial charge < -0.3 is 14.6 Å². The summed E-state index contributed by atoms with van der Waals surface area (Å²) in [5, 5.41) is 32.6. The summed E-state index contributed by atoms with van der Waals surface area (Å²) >= 11 is 11.8. The summed E-state index contributed by atoms with van der Waals surface area (Å²) in [7, 11) is -7.71. The third kappa shape index (κ3) is 11.5. The lowest BCUT2D eigenvalue weighted by Crippen LogP contribution is -2.30. The molecule has 8 rings (SSSR count). The van der Waals surface area contributed by atoms with Crippen LogP contribution in [0.5, 0.6) is 11.8 Å². The summed E-state index contributed by atoms with van der Waals surface area (Å²) < 4.78 is 137. The van der Waals surface area contributed by atoms with Crippen molar-refractivity contribution in [1.82, 2.24) is 54.6 Å². The number of rotatable bonds is 13. The highest BCUT2D eigenvalue weighted by atomic mass is 35.5. The average molecular weight is 1000 g/mol. The summed E-state index contributed by atoms with van der Waals surface area (Å²) in [6.07, 6.45) is -1.22. The second-order valence-electron chi connectivity index (χ2n) is 14.0. The molecule has 348 valence electrons. The number of pyridine rings is 2. The number of ether oxygens (including phenoxy) is 2. The second kappa shape index (κ2) is 18.3. The van der Waals surface area contributed by atoms with Gasteiger partial charge in [0.2, 0.25) is 21.8 Å². The van der Waals surface area contributed by atoms with E-state index in [0.29, 0.717) is 0 Å². The molecular formula is C34H30Cl2F6N12O9S2. The third-order valence-corrected chi connectivity index (χ3v) is 12.2. The van der Waals surface area contributed by atoms with E-state index in [0.717, 1.165) is 18.6 Å². The zero-order chi connectivity index (χ0) is 47.6. The van der Waals surface area contributed by atoms with Crippen LogP contribution in [0, 0.1) is 10.8 Å². The van der Waals surface area contributed by atoms with Gasteiger partial charge in [0.25, 0.3) is 15.9 Å². The average Bonchev–Trinajstić information content (AvgIpc) is 3.75. The highest BCUT2D eigenvalue weighted by Gasteiger charge is 2.64. The lowest BCUT2D eigenvalue weighted by Gasteiger charge is -2.18. The molecule has 65 heavy (non-hydrogen) atoms. The van der Waals surface area contributed by atoms with Crippen molar-refractivity contribution in [3.8, 4) is 23.4 Å². The maximum Gasteiger partial charge on any atom is 0.397 e. The summed E-state index contributed by atoms with van der Waals surface area (Å²) in [6, 6.07) is 7.96. The monoisotopic (exact) mass is 998 g/mol. The molecule has 0 unspecified atom stereocenters. The minimum Gasteiger partial charge on any atom is -0.478 e. The maximum atomic E-state index is 13.0. The van der Waals surface area contributed by atoms with Crippen molar-refractivity contribution in [2.75, 3.05) is 13.2 Å². The number of hydrogen-bond donors (Lipinski definition) is 5. The van der Waals surface area contributed by atoms with Crippen molar-refractivity contribution >= 4 is 55.1 Å². The fraction of sp³-hybridized carbons (Fsp3) is 0.294. The van der Waals surface area contributed by atoms with E-state index in [-0.39, 0.29) is 80.3 Å². The van der Waals surface area contributed by atoms with Gasteiger partial charge in [0.05, 0.1) is 23.5 Å². The molecule has 2 saturated carbocycles. The lowest BCUT2D eigenvalue weighted by atomic mass is 10.1. The van der Waals surface area contributed by atoms with Crippen molar-refractivity contribution in [2.24, 2.45) is 16.0 Å². The molecule has 0 aliphatic heterocycles. The van der Waals surface area contributed by atoms with Crippen LogP contribution in [0.25, 0.3) is 11.6 Å². The maximum absolute atomic E-state index is 13.0. The first-order chi connectivity index (χ1) is 30.3. The molecule has 2 aliphatic rings. The number of sulfonamides is 2. The number of carbonyl (C=O) groups excluding carboxylic acids is 1. The molecule has 6 heterocycles. The molecule has 2 fully saturated rings. The molecule has 2 aliphatic carbocycles.